The van der Waals surface area contributed by atoms with E-state index in [9.17, 15) is 18.4 Å². The molecule has 2 bridgehead atoms. The number of fused-ring (bicyclic) bond motifs is 3. The summed E-state index contributed by atoms with van der Waals surface area (Å²) in [5.41, 5.74) is 5.38. The molecule has 6 aromatic rings. The van der Waals surface area contributed by atoms with Gasteiger partial charge in [-0.25, -0.2) is 23.7 Å². The summed E-state index contributed by atoms with van der Waals surface area (Å²) < 4.78 is 40.1. The molecule has 256 valence electrons. The van der Waals surface area contributed by atoms with E-state index in [4.69, 9.17) is 19.1 Å². The quantitative estimate of drug-likeness (QED) is 0.175. The maximum Gasteiger partial charge on any atom is 0.434 e. The number of nitrogens with one attached hydrogen (secondary N) is 2. The van der Waals surface area contributed by atoms with Crippen LogP contribution in [0.2, 0.25) is 0 Å². The zero-order chi connectivity index (χ0) is 34.6. The number of pyridine rings is 2. The molecule has 1 spiro atoms. The first kappa shape index (κ1) is 30.4. The number of aryl methyl sites for hydroxylation is 2. The average molecular weight is 705 g/mol. The summed E-state index contributed by atoms with van der Waals surface area (Å²) >= 11 is 1.49. The normalized spacial score (nSPS) is 21.2. The Labute approximate surface area is 293 Å². The highest BCUT2D eigenvalue weighted by molar-refractivity contribution is 7.23. The third-order valence-corrected chi connectivity index (χ3v) is 12.3. The van der Waals surface area contributed by atoms with Crippen LogP contribution in [0.25, 0.3) is 32.0 Å². The van der Waals surface area contributed by atoms with Gasteiger partial charge >= 0.3 is 5.76 Å². The molecule has 2 N–H and O–H groups in total. The number of rotatable bonds is 8. The van der Waals surface area contributed by atoms with Crippen LogP contribution in [0.5, 0.6) is 5.75 Å². The third kappa shape index (κ3) is 4.46. The highest BCUT2D eigenvalue weighted by atomic mass is 32.1. The number of ether oxygens (including phenoxy) is 1. The molecule has 2 aromatic carbocycles. The lowest BCUT2D eigenvalue weighted by Gasteiger charge is -2.37. The number of aromatic amines is 1. The zero-order valence-corrected chi connectivity index (χ0v) is 28.2. The highest BCUT2D eigenvalue weighted by Gasteiger charge is 2.65. The molecule has 2 saturated heterocycles. The van der Waals surface area contributed by atoms with Gasteiger partial charge in [-0.1, -0.05) is 18.2 Å². The highest BCUT2D eigenvalue weighted by Crippen LogP contribution is 2.63. The van der Waals surface area contributed by atoms with Crippen molar-refractivity contribution in [2.75, 3.05) is 19.0 Å². The first-order valence-corrected chi connectivity index (χ1v) is 17.8. The van der Waals surface area contributed by atoms with E-state index in [1.807, 2.05) is 17.0 Å². The predicted molar refractivity (Wildman–Crippen MR) is 186 cm³/mol. The van der Waals surface area contributed by atoms with Crippen LogP contribution in [0.15, 0.2) is 63.9 Å². The van der Waals surface area contributed by atoms with E-state index in [0.717, 1.165) is 56.6 Å². The number of nitrogens with zero attached hydrogens (tertiary/aromatic N) is 4. The van der Waals surface area contributed by atoms with Crippen molar-refractivity contribution in [2.24, 2.45) is 5.92 Å². The summed E-state index contributed by atoms with van der Waals surface area (Å²) in [6, 6.07) is 13.5. The van der Waals surface area contributed by atoms with Gasteiger partial charge in [-0.05, 0) is 91.3 Å². The second-order valence-electron chi connectivity index (χ2n) is 13.9. The number of thiophene rings is 1. The van der Waals surface area contributed by atoms with Gasteiger partial charge in [0.05, 0.1) is 45.9 Å². The van der Waals surface area contributed by atoms with Crippen molar-refractivity contribution in [3.63, 3.8) is 0 Å². The van der Waals surface area contributed by atoms with E-state index in [1.165, 1.54) is 36.6 Å². The molecule has 1 atom stereocenters. The fourth-order valence-corrected chi connectivity index (χ4v) is 10.0. The van der Waals surface area contributed by atoms with Crippen LogP contribution in [0.3, 0.4) is 0 Å². The number of hydrogen-bond acceptors (Lipinski definition) is 9. The van der Waals surface area contributed by atoms with Crippen molar-refractivity contribution in [1.29, 1.82) is 0 Å². The predicted octanol–water partition coefficient (Wildman–Crippen LogP) is 6.95. The number of halogens is 2. The molecule has 1 unspecified atom stereocenters. The lowest BCUT2D eigenvalue weighted by molar-refractivity contribution is 0.0637. The molecule has 3 fully saturated rings. The number of aromatic nitrogens is 4. The second-order valence-corrected chi connectivity index (χ2v) is 14.9. The number of hydrogen-bond donors (Lipinski definition) is 2. The Morgan fingerprint density at radius 2 is 1.92 bits per heavy atom. The fraction of sp³-hybridized carbons (Fsp3) is 0.289. The number of benzene rings is 2. The first-order chi connectivity index (χ1) is 24.8. The molecule has 0 radical (unpaired) electrons. The van der Waals surface area contributed by atoms with Crippen LogP contribution in [0.1, 0.15) is 63.7 Å². The minimum absolute atomic E-state index is 0.0564. The topological polar surface area (TPSA) is 126 Å². The van der Waals surface area contributed by atoms with Gasteiger partial charge in [-0.3, -0.25) is 9.78 Å². The van der Waals surface area contributed by atoms with Crippen molar-refractivity contribution in [1.82, 2.24) is 25.1 Å². The van der Waals surface area contributed by atoms with Crippen LogP contribution in [0, 0.1) is 17.6 Å². The molecule has 7 heterocycles. The summed E-state index contributed by atoms with van der Waals surface area (Å²) in [5, 5.41) is 11.2. The molecule has 1 saturated carbocycles. The Hall–Kier alpha value is -5.43. The van der Waals surface area contributed by atoms with Gasteiger partial charge in [0.25, 0.3) is 11.8 Å². The largest absolute Gasteiger partial charge is 0.493 e. The van der Waals surface area contributed by atoms with E-state index >= 15 is 0 Å². The Morgan fingerprint density at radius 3 is 2.71 bits per heavy atom. The fourth-order valence-electron chi connectivity index (χ4n) is 8.87. The van der Waals surface area contributed by atoms with Crippen molar-refractivity contribution in [3.8, 4) is 27.6 Å². The molecule has 11 rings (SSSR count). The van der Waals surface area contributed by atoms with Crippen LogP contribution in [0.4, 0.5) is 14.6 Å². The van der Waals surface area contributed by atoms with Crippen molar-refractivity contribution < 1.29 is 22.7 Å². The molecule has 3 aliphatic heterocycles. The monoisotopic (exact) mass is 704 g/mol. The van der Waals surface area contributed by atoms with Gasteiger partial charge in [-0.2, -0.15) is 0 Å². The number of methoxy groups -OCH3 is 1. The first-order valence-electron chi connectivity index (χ1n) is 17.0. The third-order valence-electron chi connectivity index (χ3n) is 11.1. The number of H-pyrrole nitrogens is 1. The molecule has 1 amide bonds. The Balaban J connectivity index is 1.14. The minimum Gasteiger partial charge on any atom is -0.493 e. The van der Waals surface area contributed by atoms with Gasteiger partial charge in [-0.15, -0.1) is 16.4 Å². The van der Waals surface area contributed by atoms with E-state index < -0.39 is 11.3 Å². The molecule has 10 nitrogen and oxygen atoms in total. The maximum atomic E-state index is 14.5. The Kier molecular flexibility index (Phi) is 6.58. The van der Waals surface area contributed by atoms with Crippen molar-refractivity contribution >= 4 is 33.1 Å². The SMILES string of the molecule is COc1c(F)ccc2c1CCC2Nc1nccc2cc(-c3c4c(nc(CCc5ccc(F)cc5)c3-c3n[nH]c(=O)o3)C35CC(CN3C4=O)C5)sc12. The molecule has 5 aliphatic rings. The number of anilines is 1. The lowest BCUT2D eigenvalue weighted by Crippen LogP contribution is -2.40. The van der Waals surface area contributed by atoms with E-state index in [0.29, 0.717) is 59.9 Å². The van der Waals surface area contributed by atoms with Gasteiger partial charge in [0.15, 0.2) is 11.6 Å². The van der Waals surface area contributed by atoms with Crippen LogP contribution >= 0.6 is 11.3 Å². The summed E-state index contributed by atoms with van der Waals surface area (Å²) in [7, 11) is 1.49. The molecule has 13 heteroatoms. The Morgan fingerprint density at radius 1 is 1.08 bits per heavy atom. The summed E-state index contributed by atoms with van der Waals surface area (Å²) in [4.78, 5) is 39.5. The average Bonchev–Trinajstić information content (AvgIpc) is 3.96. The number of carbonyl (C=O) groups excluding carboxylic acids is 1. The Bertz CT molecular complexity index is 2490. The minimum atomic E-state index is -0.714. The molecule has 51 heavy (non-hydrogen) atoms. The van der Waals surface area contributed by atoms with Gasteiger partial charge < -0.3 is 19.4 Å². The lowest BCUT2D eigenvalue weighted by atomic mass is 9.71. The molecule has 4 aromatic heterocycles. The molecule has 2 aliphatic carbocycles. The van der Waals surface area contributed by atoms with E-state index in [-0.39, 0.29) is 35.2 Å². The maximum absolute atomic E-state index is 14.5. The molecular weight excluding hydrogens is 675 g/mol. The van der Waals surface area contributed by atoms with Crippen LogP contribution in [-0.2, 0) is 24.8 Å². The van der Waals surface area contributed by atoms with E-state index in [1.54, 1.807) is 24.4 Å². The second kappa shape index (κ2) is 11.0. The smallest absolute Gasteiger partial charge is 0.434 e. The summed E-state index contributed by atoms with van der Waals surface area (Å²) in [5.74, 6) is -0.00903. The number of carbonyl (C=O) groups is 1. The van der Waals surface area contributed by atoms with Crippen molar-refractivity contribution in [3.05, 3.63) is 111 Å². The van der Waals surface area contributed by atoms with Crippen molar-refractivity contribution in [2.45, 2.75) is 50.1 Å². The zero-order valence-electron chi connectivity index (χ0n) is 27.4. The van der Waals surface area contributed by atoms with Gasteiger partial charge in [0.2, 0.25) is 0 Å². The van der Waals surface area contributed by atoms with E-state index in [2.05, 4.69) is 15.5 Å². The standard InChI is InChI=1S/C38H30F2N6O4S/c1-49-31-23-8-11-25(22(23)7-9-24(31)40)43-34-32-20(12-13-41-34)14-27(51-32)29-28(35-44-45-37(48)50-35)26(10-4-18-2-5-21(39)6-3-18)42-33-30(29)36(47)46-17-19-15-38(33,46)16-19/h2-3,5-7,9,12-14,19,25H,4,8,10-11,15-17H2,1H3,(H,41,43)(H,45,48). The number of amides is 1. The molecular formula is C38H30F2N6O4S. The van der Waals surface area contributed by atoms with Gasteiger partial charge in [0, 0.05) is 28.7 Å². The van der Waals surface area contributed by atoms with Crippen LogP contribution in [-0.4, -0.2) is 44.6 Å². The summed E-state index contributed by atoms with van der Waals surface area (Å²) in [6.45, 7) is 0.689. The van der Waals surface area contributed by atoms with Crippen LogP contribution < -0.4 is 15.8 Å². The summed E-state index contributed by atoms with van der Waals surface area (Å²) in [6.07, 6.45) is 5.89. The van der Waals surface area contributed by atoms with Gasteiger partial charge in [0.1, 0.15) is 11.6 Å².